The molecule has 1 aromatic carbocycles. The lowest BCUT2D eigenvalue weighted by atomic mass is 9.95. The minimum atomic E-state index is -0.352. The average molecular weight is 401 g/mol. The molecule has 1 N–H and O–H groups in total. The Morgan fingerprint density at radius 2 is 2.00 bits per heavy atom. The number of hydrogen-bond donors (Lipinski definition) is 1. The van der Waals surface area contributed by atoms with Crippen molar-refractivity contribution in [3.05, 3.63) is 40.7 Å². The minimum Gasteiger partial charge on any atom is -0.391 e. The molecular weight excluding hydrogens is 376 g/mol. The lowest BCUT2D eigenvalue weighted by Crippen LogP contribution is -2.39. The van der Waals surface area contributed by atoms with Gasteiger partial charge in [0.1, 0.15) is 5.82 Å². The van der Waals surface area contributed by atoms with E-state index in [0.717, 1.165) is 36.6 Å². The maximum absolute atomic E-state index is 10.1. The largest absolute Gasteiger partial charge is 0.391 e. The summed E-state index contributed by atoms with van der Waals surface area (Å²) in [5, 5.41) is 19.6. The Morgan fingerprint density at radius 3 is 2.71 bits per heavy atom. The van der Waals surface area contributed by atoms with E-state index in [1.807, 2.05) is 24.3 Å². The van der Waals surface area contributed by atoms with Gasteiger partial charge in [-0.1, -0.05) is 55.8 Å². The average Bonchev–Trinajstić information content (AvgIpc) is 3.05. The molecule has 0 spiro atoms. The van der Waals surface area contributed by atoms with Crippen LogP contribution in [0.1, 0.15) is 45.0 Å². The van der Waals surface area contributed by atoms with Gasteiger partial charge in [0.2, 0.25) is 0 Å². The predicted octanol–water partition coefficient (Wildman–Crippen LogP) is 3.18. The fourth-order valence-corrected chi connectivity index (χ4v) is 3.63. The van der Waals surface area contributed by atoms with Gasteiger partial charge in [0.15, 0.2) is 17.0 Å². The summed E-state index contributed by atoms with van der Waals surface area (Å²) in [4.78, 5) is 11.7. The number of aliphatic hydroxyl groups excluding tert-OH is 1. The number of halogens is 1. The summed E-state index contributed by atoms with van der Waals surface area (Å²) in [5.74, 6) is 1.48. The van der Waals surface area contributed by atoms with Gasteiger partial charge >= 0.3 is 0 Å². The lowest BCUT2D eigenvalue weighted by Gasteiger charge is -2.31. The van der Waals surface area contributed by atoms with Crippen LogP contribution >= 0.6 is 11.6 Å². The van der Waals surface area contributed by atoms with Gasteiger partial charge in [0.25, 0.3) is 0 Å². The third-order valence-electron chi connectivity index (χ3n) is 4.99. The van der Waals surface area contributed by atoms with E-state index in [2.05, 4.69) is 36.0 Å². The molecule has 0 amide bonds. The van der Waals surface area contributed by atoms with Crippen molar-refractivity contribution in [1.29, 1.82) is 0 Å². The topological polar surface area (TPSA) is 80.0 Å². The highest BCUT2D eigenvalue weighted by atomic mass is 35.5. The molecular formula is C20H25ClN6O. The minimum absolute atomic E-state index is 0.225. The van der Waals surface area contributed by atoms with Crippen LogP contribution in [-0.4, -0.2) is 49.3 Å². The number of aromatic nitrogens is 5. The monoisotopic (exact) mass is 400 g/mol. The quantitative estimate of drug-likeness (QED) is 0.727. The van der Waals surface area contributed by atoms with Gasteiger partial charge in [-0.05, 0) is 24.5 Å². The van der Waals surface area contributed by atoms with Crippen molar-refractivity contribution in [3.8, 4) is 0 Å². The molecule has 148 valence electrons. The zero-order valence-electron chi connectivity index (χ0n) is 16.4. The van der Waals surface area contributed by atoms with Crippen molar-refractivity contribution in [2.24, 2.45) is 0 Å². The molecule has 0 saturated carbocycles. The zero-order valence-corrected chi connectivity index (χ0v) is 17.2. The van der Waals surface area contributed by atoms with E-state index < -0.39 is 0 Å². The van der Waals surface area contributed by atoms with E-state index in [0.29, 0.717) is 29.3 Å². The molecule has 0 bridgehead atoms. The number of β-amino-alcohol motifs (C(OH)–C–C–N with tert-alkyl or cyclic N) is 1. The van der Waals surface area contributed by atoms with Crippen molar-refractivity contribution < 1.29 is 5.11 Å². The number of piperidine rings is 1. The molecule has 3 aromatic rings. The summed E-state index contributed by atoms with van der Waals surface area (Å²) in [5.41, 5.74) is 2.09. The summed E-state index contributed by atoms with van der Waals surface area (Å²) in [6.45, 7) is 8.14. The molecule has 4 rings (SSSR count). The number of nitrogens with zero attached hydrogens (tertiary/aromatic N) is 6. The number of aliphatic hydroxyl groups is 1. The molecule has 0 radical (unpaired) electrons. The van der Waals surface area contributed by atoms with Crippen LogP contribution in [-0.2, 0) is 12.0 Å². The maximum atomic E-state index is 10.1. The molecule has 0 aliphatic carbocycles. The standard InChI is InChI=1S/C20H25ClN6O/c1-20(2,3)19-22-17(26-10-6-8-14(28)12-26)16-18(23-19)27(25-24-16)11-13-7-4-5-9-15(13)21/h4-5,7,9,14,28H,6,8,10-12H2,1-3H3/t14-/m0/s1. The second-order valence-corrected chi connectivity index (χ2v) is 8.78. The van der Waals surface area contributed by atoms with E-state index in [9.17, 15) is 5.11 Å². The SMILES string of the molecule is CC(C)(C)c1nc(N2CCC[C@H](O)C2)c2nnn(Cc3ccccc3Cl)c2n1. The number of anilines is 1. The smallest absolute Gasteiger partial charge is 0.184 e. The first-order chi connectivity index (χ1) is 13.3. The summed E-state index contributed by atoms with van der Waals surface area (Å²) in [6, 6.07) is 7.71. The van der Waals surface area contributed by atoms with E-state index in [4.69, 9.17) is 21.6 Å². The first-order valence-corrected chi connectivity index (χ1v) is 9.99. The van der Waals surface area contributed by atoms with Gasteiger partial charge in [0, 0.05) is 23.5 Å². The van der Waals surface area contributed by atoms with Gasteiger partial charge in [0.05, 0.1) is 12.6 Å². The van der Waals surface area contributed by atoms with Crippen molar-refractivity contribution in [2.75, 3.05) is 18.0 Å². The molecule has 1 aliphatic heterocycles. The van der Waals surface area contributed by atoms with Crippen molar-refractivity contribution in [1.82, 2.24) is 25.0 Å². The van der Waals surface area contributed by atoms with Gasteiger partial charge in [-0.15, -0.1) is 5.10 Å². The summed E-state index contributed by atoms with van der Waals surface area (Å²) < 4.78 is 1.78. The highest BCUT2D eigenvalue weighted by Gasteiger charge is 2.27. The van der Waals surface area contributed by atoms with Crippen molar-refractivity contribution in [3.63, 3.8) is 0 Å². The van der Waals surface area contributed by atoms with E-state index in [-0.39, 0.29) is 11.5 Å². The highest BCUT2D eigenvalue weighted by Crippen LogP contribution is 2.29. The van der Waals surface area contributed by atoms with E-state index in [1.165, 1.54) is 0 Å². The molecule has 1 atom stereocenters. The number of rotatable bonds is 3. The Hall–Kier alpha value is -2.25. The first-order valence-electron chi connectivity index (χ1n) is 9.61. The normalized spacial score (nSPS) is 18.0. The van der Waals surface area contributed by atoms with Crippen molar-refractivity contribution >= 4 is 28.6 Å². The van der Waals surface area contributed by atoms with Crippen LogP contribution in [0.4, 0.5) is 5.82 Å². The fraction of sp³-hybridized carbons (Fsp3) is 0.500. The maximum Gasteiger partial charge on any atom is 0.184 e. The Balaban J connectivity index is 1.83. The van der Waals surface area contributed by atoms with Crippen LogP contribution in [0, 0.1) is 0 Å². The van der Waals surface area contributed by atoms with Crippen molar-refractivity contribution in [2.45, 2.75) is 51.7 Å². The Bertz CT molecular complexity index is 996. The Kier molecular flexibility index (Phi) is 4.97. The summed E-state index contributed by atoms with van der Waals surface area (Å²) in [7, 11) is 0. The summed E-state index contributed by atoms with van der Waals surface area (Å²) >= 11 is 6.33. The molecule has 28 heavy (non-hydrogen) atoms. The number of benzene rings is 1. The molecule has 0 unspecified atom stereocenters. The van der Waals surface area contributed by atoms with Gasteiger partial charge in [-0.25, -0.2) is 14.6 Å². The Morgan fingerprint density at radius 1 is 1.21 bits per heavy atom. The van der Waals surface area contributed by atoms with Crippen LogP contribution in [0.15, 0.2) is 24.3 Å². The summed E-state index contributed by atoms with van der Waals surface area (Å²) in [6.07, 6.45) is 1.39. The molecule has 3 heterocycles. The van der Waals surface area contributed by atoms with Crippen LogP contribution < -0.4 is 4.90 Å². The third kappa shape index (κ3) is 3.69. The van der Waals surface area contributed by atoms with Gasteiger partial charge < -0.3 is 10.0 Å². The fourth-order valence-electron chi connectivity index (χ4n) is 3.44. The van der Waals surface area contributed by atoms with Crippen LogP contribution in [0.2, 0.25) is 5.02 Å². The molecule has 7 nitrogen and oxygen atoms in total. The van der Waals surface area contributed by atoms with Gasteiger partial charge in [-0.2, -0.15) is 0 Å². The first kappa shape index (κ1) is 19.1. The Labute approximate surface area is 169 Å². The second-order valence-electron chi connectivity index (χ2n) is 8.37. The number of fused-ring (bicyclic) bond motifs is 1. The zero-order chi connectivity index (χ0) is 19.9. The predicted molar refractivity (Wildman–Crippen MR) is 110 cm³/mol. The highest BCUT2D eigenvalue weighted by molar-refractivity contribution is 6.31. The van der Waals surface area contributed by atoms with E-state index in [1.54, 1.807) is 4.68 Å². The molecule has 1 fully saturated rings. The van der Waals surface area contributed by atoms with Crippen LogP contribution in [0.5, 0.6) is 0 Å². The second kappa shape index (κ2) is 7.29. The molecule has 2 aromatic heterocycles. The molecule has 1 aliphatic rings. The molecule has 1 saturated heterocycles. The van der Waals surface area contributed by atoms with Crippen LogP contribution in [0.25, 0.3) is 11.2 Å². The van der Waals surface area contributed by atoms with Crippen LogP contribution in [0.3, 0.4) is 0 Å². The lowest BCUT2D eigenvalue weighted by molar-refractivity contribution is 0.154. The number of hydrogen-bond acceptors (Lipinski definition) is 6. The molecule has 8 heteroatoms. The van der Waals surface area contributed by atoms with Gasteiger partial charge in [-0.3, -0.25) is 0 Å². The third-order valence-corrected chi connectivity index (χ3v) is 5.36. The van der Waals surface area contributed by atoms with E-state index >= 15 is 0 Å².